The number of benzene rings is 1. The molecule has 2 aromatic rings. The minimum absolute atomic E-state index is 0.192. The van der Waals surface area contributed by atoms with E-state index in [0.29, 0.717) is 12.1 Å². The smallest absolute Gasteiger partial charge is 0.344 e. The van der Waals surface area contributed by atoms with E-state index in [2.05, 4.69) is 0 Å². The van der Waals surface area contributed by atoms with Crippen LogP contribution in [-0.4, -0.2) is 5.97 Å². The van der Waals surface area contributed by atoms with Crippen LogP contribution in [0.1, 0.15) is 10.4 Å². The number of hydrogen-bond acceptors (Lipinski definition) is 3. The molecular weight excluding hydrogens is 323 g/mol. The molecule has 0 aliphatic carbocycles. The molecule has 0 radical (unpaired) electrons. The van der Waals surface area contributed by atoms with E-state index in [1.54, 1.807) is 5.38 Å². The maximum Gasteiger partial charge on any atom is 0.344 e. The first-order chi connectivity index (χ1) is 8.95. The molecule has 0 N–H and O–H groups in total. The molecule has 0 unspecified atom stereocenters. The molecule has 9 heteroatoms. The Hall–Kier alpha value is -1.61. The minimum atomic E-state index is -9.69. The van der Waals surface area contributed by atoms with E-state index < -0.39 is 21.1 Å². The van der Waals surface area contributed by atoms with Crippen molar-refractivity contribution in [2.24, 2.45) is 0 Å². The molecule has 0 atom stereocenters. The summed E-state index contributed by atoms with van der Waals surface area (Å²) in [5.74, 6) is -1.02. The second-order valence-corrected chi connectivity index (χ2v) is 7.03. The van der Waals surface area contributed by atoms with Crippen LogP contribution in [0.25, 0.3) is 0 Å². The van der Waals surface area contributed by atoms with Crippen LogP contribution in [-0.2, 0) is 0 Å². The van der Waals surface area contributed by atoms with E-state index in [9.17, 15) is 24.2 Å². The molecule has 20 heavy (non-hydrogen) atoms. The third kappa shape index (κ3) is 3.48. The van der Waals surface area contributed by atoms with E-state index >= 15 is 0 Å². The molecular formula is C11H7F5O2S2. The third-order valence-corrected chi connectivity index (χ3v) is 4.08. The maximum atomic E-state index is 12.5. The summed E-state index contributed by atoms with van der Waals surface area (Å²) in [5.41, 5.74) is 0.229. The zero-order chi connectivity index (χ0) is 15.1. The molecule has 0 aliphatic heterocycles. The lowest BCUT2D eigenvalue weighted by atomic mass is 10.3. The lowest BCUT2D eigenvalue weighted by Crippen LogP contribution is -2.08. The lowest BCUT2D eigenvalue weighted by Gasteiger charge is -2.40. The summed E-state index contributed by atoms with van der Waals surface area (Å²) >= 11 is 1.24. The van der Waals surface area contributed by atoms with Crippen molar-refractivity contribution in [3.8, 4) is 5.75 Å². The fraction of sp³-hybridized carbons (Fsp3) is 0. The van der Waals surface area contributed by atoms with Crippen LogP contribution in [0.15, 0.2) is 46.0 Å². The molecule has 1 aromatic heterocycles. The first-order valence-corrected chi connectivity index (χ1v) is 7.94. The molecule has 2 rings (SSSR count). The van der Waals surface area contributed by atoms with Gasteiger partial charge in [-0.25, -0.2) is 4.79 Å². The summed E-state index contributed by atoms with van der Waals surface area (Å²) in [6, 6.07) is 3.21. The number of carbonyl (C=O) groups excluding carboxylic acids is 1. The topological polar surface area (TPSA) is 26.3 Å². The van der Waals surface area contributed by atoms with Crippen molar-refractivity contribution in [3.05, 3.63) is 46.7 Å². The Labute approximate surface area is 114 Å². The number of rotatable bonds is 3. The normalized spacial score (nSPS) is 15.2. The van der Waals surface area contributed by atoms with Gasteiger partial charge in [-0.2, -0.15) is 11.3 Å². The molecule has 0 aliphatic rings. The Bertz CT molecular complexity index is 632. The monoisotopic (exact) mass is 330 g/mol. The molecule has 2 nitrogen and oxygen atoms in total. The predicted molar refractivity (Wildman–Crippen MR) is 67.1 cm³/mol. The Morgan fingerprint density at radius 2 is 1.60 bits per heavy atom. The number of esters is 1. The summed E-state index contributed by atoms with van der Waals surface area (Å²) in [5, 5.41) is 3.11. The van der Waals surface area contributed by atoms with Crippen LogP contribution < -0.4 is 4.74 Å². The maximum absolute atomic E-state index is 12.5. The number of thiophene rings is 1. The van der Waals surface area contributed by atoms with Gasteiger partial charge in [0.15, 0.2) is 0 Å². The van der Waals surface area contributed by atoms with Crippen molar-refractivity contribution in [3.63, 3.8) is 0 Å². The van der Waals surface area contributed by atoms with Crippen molar-refractivity contribution >= 4 is 27.5 Å². The molecule has 0 fully saturated rings. The van der Waals surface area contributed by atoms with Gasteiger partial charge in [-0.3, -0.25) is 0 Å². The molecule has 0 spiro atoms. The molecule has 1 aromatic carbocycles. The van der Waals surface area contributed by atoms with E-state index in [1.165, 1.54) is 22.8 Å². The Morgan fingerprint density at radius 1 is 1.00 bits per heavy atom. The van der Waals surface area contributed by atoms with Crippen molar-refractivity contribution in [2.75, 3.05) is 0 Å². The quantitative estimate of drug-likeness (QED) is 0.414. The van der Waals surface area contributed by atoms with Crippen LogP contribution in [0.4, 0.5) is 19.4 Å². The lowest BCUT2D eigenvalue weighted by molar-refractivity contribution is 0.0735. The van der Waals surface area contributed by atoms with Gasteiger partial charge in [0.05, 0.1) is 5.56 Å². The zero-order valence-electron chi connectivity index (χ0n) is 9.56. The standard InChI is InChI=1S/C11H7F5O2S2/c12-20(13,14,15,16)10-3-1-9(2-4-10)18-11(17)8-5-6-19-7-8/h1-7H. The average molecular weight is 330 g/mol. The number of carbonyl (C=O) groups is 1. The third-order valence-electron chi connectivity index (χ3n) is 2.24. The van der Waals surface area contributed by atoms with E-state index in [1.807, 2.05) is 0 Å². The summed E-state index contributed by atoms with van der Waals surface area (Å²) in [6.45, 7) is 0. The molecule has 0 saturated carbocycles. The highest BCUT2D eigenvalue weighted by molar-refractivity contribution is 8.45. The van der Waals surface area contributed by atoms with Crippen molar-refractivity contribution in [2.45, 2.75) is 4.90 Å². The Balaban J connectivity index is 2.20. The summed E-state index contributed by atoms with van der Waals surface area (Å²) < 4.78 is 67.1. The highest BCUT2D eigenvalue weighted by Crippen LogP contribution is 3.02. The van der Waals surface area contributed by atoms with Crippen molar-refractivity contribution < 1.29 is 29.0 Å². The Kier molecular flexibility index (Phi) is 2.92. The van der Waals surface area contributed by atoms with Gasteiger partial charge in [0.2, 0.25) is 0 Å². The van der Waals surface area contributed by atoms with E-state index in [4.69, 9.17) is 4.74 Å². The molecule has 0 amide bonds. The number of ether oxygens (including phenoxy) is 1. The van der Waals surface area contributed by atoms with E-state index in [0.717, 1.165) is 0 Å². The SMILES string of the molecule is O=C(Oc1ccc(S(F)(F)(F)(F)F)cc1)c1ccsc1. The van der Waals surface area contributed by atoms with Crippen LogP contribution in [0, 0.1) is 0 Å². The average Bonchev–Trinajstić information content (AvgIpc) is 2.79. The number of halogens is 5. The summed E-state index contributed by atoms with van der Waals surface area (Å²) in [4.78, 5) is 9.48. The van der Waals surface area contributed by atoms with Crippen LogP contribution >= 0.6 is 21.6 Å². The molecule has 110 valence electrons. The van der Waals surface area contributed by atoms with Crippen molar-refractivity contribution in [1.82, 2.24) is 0 Å². The summed E-state index contributed by atoms with van der Waals surface area (Å²) in [6.07, 6.45) is 0. The summed E-state index contributed by atoms with van der Waals surface area (Å²) in [7, 11) is -9.69. The zero-order valence-corrected chi connectivity index (χ0v) is 11.2. The van der Waals surface area contributed by atoms with Gasteiger partial charge in [-0.1, -0.05) is 19.4 Å². The van der Waals surface area contributed by atoms with Crippen LogP contribution in [0.5, 0.6) is 5.75 Å². The van der Waals surface area contributed by atoms with Crippen LogP contribution in [0.3, 0.4) is 0 Å². The van der Waals surface area contributed by atoms with Gasteiger partial charge in [0.1, 0.15) is 10.6 Å². The van der Waals surface area contributed by atoms with Crippen molar-refractivity contribution in [1.29, 1.82) is 0 Å². The second-order valence-electron chi connectivity index (χ2n) is 3.84. The minimum Gasteiger partial charge on any atom is -0.423 e. The number of hydrogen-bond donors (Lipinski definition) is 0. The van der Waals surface area contributed by atoms with Gasteiger partial charge in [0.25, 0.3) is 0 Å². The second kappa shape index (κ2) is 3.95. The molecule has 0 bridgehead atoms. The van der Waals surface area contributed by atoms with Gasteiger partial charge in [-0.05, 0) is 35.7 Å². The van der Waals surface area contributed by atoms with Gasteiger partial charge < -0.3 is 4.74 Å². The molecule has 0 saturated heterocycles. The van der Waals surface area contributed by atoms with Gasteiger partial charge in [-0.15, -0.1) is 0 Å². The fourth-order valence-corrected chi connectivity index (χ4v) is 2.59. The highest BCUT2D eigenvalue weighted by atomic mass is 32.5. The van der Waals surface area contributed by atoms with Crippen LogP contribution in [0.2, 0.25) is 0 Å². The van der Waals surface area contributed by atoms with E-state index in [-0.39, 0.29) is 23.4 Å². The van der Waals surface area contributed by atoms with Gasteiger partial charge >= 0.3 is 16.2 Å². The van der Waals surface area contributed by atoms with Gasteiger partial charge in [0, 0.05) is 5.38 Å². The first kappa shape index (κ1) is 14.8. The molecule has 1 heterocycles. The Morgan fingerprint density at radius 3 is 2.05 bits per heavy atom. The first-order valence-electron chi connectivity index (χ1n) is 5.04. The predicted octanol–water partition coefficient (Wildman–Crippen LogP) is 5.62. The fourth-order valence-electron chi connectivity index (χ4n) is 1.31. The largest absolute Gasteiger partial charge is 0.423 e. The highest BCUT2D eigenvalue weighted by Gasteiger charge is 2.65.